The van der Waals surface area contributed by atoms with Crippen molar-refractivity contribution in [2.75, 3.05) is 19.6 Å². The van der Waals surface area contributed by atoms with Gasteiger partial charge in [0.1, 0.15) is 0 Å². The van der Waals surface area contributed by atoms with E-state index in [9.17, 15) is 13.2 Å². The van der Waals surface area contributed by atoms with Crippen LogP contribution < -0.4 is 0 Å². The smallest absolute Gasteiger partial charge is 0.238 e. The third-order valence-corrected chi connectivity index (χ3v) is 6.04. The summed E-state index contributed by atoms with van der Waals surface area (Å²) < 4.78 is 26.2. The maximum Gasteiger partial charge on any atom is 0.238 e. The van der Waals surface area contributed by atoms with E-state index in [1.807, 2.05) is 4.90 Å². The molecule has 0 unspecified atom stereocenters. The number of amides is 1. The molecule has 21 heavy (non-hydrogen) atoms. The van der Waals surface area contributed by atoms with Crippen LogP contribution in [0.4, 0.5) is 0 Å². The Balaban J connectivity index is 1.71. The molecule has 1 amide bonds. The van der Waals surface area contributed by atoms with Crippen LogP contribution in [0, 0.1) is 0 Å². The first kappa shape index (κ1) is 14.8. The molecule has 1 aromatic carbocycles. The van der Waals surface area contributed by atoms with Crippen LogP contribution in [0.3, 0.4) is 0 Å². The van der Waals surface area contributed by atoms with Crippen molar-refractivity contribution in [2.24, 2.45) is 0 Å². The monoisotopic (exact) mass is 328 g/mol. The van der Waals surface area contributed by atoms with Gasteiger partial charge in [0.2, 0.25) is 15.9 Å². The number of hydrogen-bond acceptors (Lipinski definition) is 3. The molecule has 0 aromatic heterocycles. The molecular weight excluding hydrogens is 312 g/mol. The fourth-order valence-corrected chi connectivity index (χ4v) is 4.35. The molecule has 1 heterocycles. The summed E-state index contributed by atoms with van der Waals surface area (Å²) in [4.78, 5) is 13.9. The van der Waals surface area contributed by atoms with E-state index < -0.39 is 10.0 Å². The molecule has 0 bridgehead atoms. The Hall–Kier alpha value is -1.11. The number of sulfonamides is 1. The zero-order valence-corrected chi connectivity index (χ0v) is 13.1. The molecule has 7 heteroatoms. The second-order valence-corrected chi connectivity index (χ2v) is 7.88. The van der Waals surface area contributed by atoms with E-state index in [4.69, 9.17) is 11.6 Å². The van der Waals surface area contributed by atoms with Gasteiger partial charge in [-0.15, -0.1) is 0 Å². The van der Waals surface area contributed by atoms with Gasteiger partial charge in [-0.2, -0.15) is 4.31 Å². The van der Waals surface area contributed by atoms with Gasteiger partial charge in [0.15, 0.2) is 0 Å². The second kappa shape index (κ2) is 5.59. The van der Waals surface area contributed by atoms with Crippen molar-refractivity contribution < 1.29 is 13.2 Å². The predicted molar refractivity (Wildman–Crippen MR) is 80.4 cm³/mol. The quantitative estimate of drug-likeness (QED) is 0.841. The molecule has 114 valence electrons. The van der Waals surface area contributed by atoms with E-state index in [1.54, 1.807) is 24.3 Å². The molecule has 0 radical (unpaired) electrons. The SMILES string of the molecule is O=C1CN(S(=O)(=O)Cc2ccccc2Cl)CCN1C1CC1. The third-order valence-electron chi connectivity index (χ3n) is 3.90. The van der Waals surface area contributed by atoms with Gasteiger partial charge in [-0.3, -0.25) is 4.79 Å². The molecule has 3 rings (SSSR count). The summed E-state index contributed by atoms with van der Waals surface area (Å²) in [6.07, 6.45) is 2.08. The Morgan fingerprint density at radius 2 is 1.90 bits per heavy atom. The number of carbonyl (C=O) groups is 1. The Kier molecular flexibility index (Phi) is 3.94. The third kappa shape index (κ3) is 3.22. The normalized spacial score (nSPS) is 20.8. The summed E-state index contributed by atoms with van der Waals surface area (Å²) in [7, 11) is -3.52. The van der Waals surface area contributed by atoms with Crippen molar-refractivity contribution in [1.29, 1.82) is 0 Å². The predicted octanol–water partition coefficient (Wildman–Crippen LogP) is 1.48. The minimum absolute atomic E-state index is 0.0523. The number of piperazine rings is 1. The van der Waals surface area contributed by atoms with Gasteiger partial charge < -0.3 is 4.90 Å². The first-order valence-corrected chi connectivity index (χ1v) is 8.97. The number of rotatable bonds is 4. The first-order chi connectivity index (χ1) is 9.97. The van der Waals surface area contributed by atoms with E-state index in [0.29, 0.717) is 29.7 Å². The van der Waals surface area contributed by atoms with Crippen molar-refractivity contribution in [1.82, 2.24) is 9.21 Å². The van der Waals surface area contributed by atoms with Crippen molar-refractivity contribution in [2.45, 2.75) is 24.6 Å². The topological polar surface area (TPSA) is 57.7 Å². The summed E-state index contributed by atoms with van der Waals surface area (Å²) in [5.41, 5.74) is 0.566. The first-order valence-electron chi connectivity index (χ1n) is 6.98. The fourth-order valence-electron chi connectivity index (χ4n) is 2.58. The maximum absolute atomic E-state index is 12.4. The molecule has 1 saturated carbocycles. The second-order valence-electron chi connectivity index (χ2n) is 5.50. The lowest BCUT2D eigenvalue weighted by molar-refractivity contribution is -0.134. The Morgan fingerprint density at radius 3 is 2.52 bits per heavy atom. The van der Waals surface area contributed by atoms with E-state index in [2.05, 4.69) is 0 Å². The number of carbonyl (C=O) groups excluding carboxylic acids is 1. The van der Waals surface area contributed by atoms with Crippen LogP contribution in [-0.2, 0) is 20.6 Å². The van der Waals surface area contributed by atoms with Crippen LogP contribution in [0.1, 0.15) is 18.4 Å². The lowest BCUT2D eigenvalue weighted by atomic mass is 10.2. The van der Waals surface area contributed by atoms with Crippen LogP contribution in [0.25, 0.3) is 0 Å². The maximum atomic E-state index is 12.4. The Bertz CT molecular complexity index is 658. The molecule has 5 nitrogen and oxygen atoms in total. The van der Waals surface area contributed by atoms with Crippen LogP contribution in [0.15, 0.2) is 24.3 Å². The van der Waals surface area contributed by atoms with Crippen LogP contribution in [0.5, 0.6) is 0 Å². The highest BCUT2D eigenvalue weighted by molar-refractivity contribution is 7.88. The van der Waals surface area contributed by atoms with Gasteiger partial charge in [-0.05, 0) is 24.5 Å². The zero-order chi connectivity index (χ0) is 15.0. The molecule has 1 aliphatic heterocycles. The van der Waals surface area contributed by atoms with Gasteiger partial charge in [-0.1, -0.05) is 29.8 Å². The Morgan fingerprint density at radius 1 is 1.19 bits per heavy atom. The minimum Gasteiger partial charge on any atom is -0.337 e. The van der Waals surface area contributed by atoms with Crippen LogP contribution in [0.2, 0.25) is 5.02 Å². The van der Waals surface area contributed by atoms with Gasteiger partial charge in [-0.25, -0.2) is 8.42 Å². The number of hydrogen-bond donors (Lipinski definition) is 0. The molecule has 1 saturated heterocycles. The van der Waals surface area contributed by atoms with Gasteiger partial charge in [0.25, 0.3) is 0 Å². The summed E-state index contributed by atoms with van der Waals surface area (Å²) in [6.45, 7) is 0.809. The molecule has 2 fully saturated rings. The summed E-state index contributed by atoms with van der Waals surface area (Å²) in [5, 5.41) is 0.434. The molecule has 2 aliphatic rings. The standard InChI is InChI=1S/C14H17ClN2O3S/c15-13-4-2-1-3-11(13)10-21(19,20)16-7-8-17(12-5-6-12)14(18)9-16/h1-4,12H,5-10H2. The van der Waals surface area contributed by atoms with Crippen molar-refractivity contribution in [3.8, 4) is 0 Å². The number of benzene rings is 1. The van der Waals surface area contributed by atoms with E-state index >= 15 is 0 Å². The summed E-state index contributed by atoms with van der Waals surface area (Å²) in [5.74, 6) is -0.255. The average molecular weight is 329 g/mol. The summed E-state index contributed by atoms with van der Waals surface area (Å²) >= 11 is 6.01. The molecular formula is C14H17ClN2O3S. The zero-order valence-electron chi connectivity index (χ0n) is 11.5. The minimum atomic E-state index is -3.52. The van der Waals surface area contributed by atoms with Crippen molar-refractivity contribution in [3.05, 3.63) is 34.9 Å². The molecule has 1 aromatic rings. The van der Waals surface area contributed by atoms with E-state index in [0.717, 1.165) is 12.8 Å². The lowest BCUT2D eigenvalue weighted by Crippen LogP contribution is -2.53. The van der Waals surface area contributed by atoms with Crippen LogP contribution >= 0.6 is 11.6 Å². The Labute approximate surface area is 129 Å². The number of halogens is 1. The van der Waals surface area contributed by atoms with E-state index in [-0.39, 0.29) is 18.2 Å². The molecule has 0 atom stereocenters. The molecule has 0 spiro atoms. The van der Waals surface area contributed by atoms with Gasteiger partial charge >= 0.3 is 0 Å². The van der Waals surface area contributed by atoms with Gasteiger partial charge in [0, 0.05) is 24.2 Å². The average Bonchev–Trinajstić information content (AvgIpc) is 3.25. The fraction of sp³-hybridized carbons (Fsp3) is 0.500. The highest BCUT2D eigenvalue weighted by Gasteiger charge is 2.38. The van der Waals surface area contributed by atoms with Crippen molar-refractivity contribution >= 4 is 27.5 Å². The van der Waals surface area contributed by atoms with Gasteiger partial charge in [0.05, 0.1) is 12.3 Å². The van der Waals surface area contributed by atoms with Crippen molar-refractivity contribution in [3.63, 3.8) is 0 Å². The van der Waals surface area contributed by atoms with Crippen LogP contribution in [-0.4, -0.2) is 49.2 Å². The largest absolute Gasteiger partial charge is 0.337 e. The molecule has 0 N–H and O–H groups in total. The molecule has 1 aliphatic carbocycles. The lowest BCUT2D eigenvalue weighted by Gasteiger charge is -2.33. The highest BCUT2D eigenvalue weighted by Crippen LogP contribution is 2.29. The summed E-state index contributed by atoms with van der Waals surface area (Å²) in [6, 6.07) is 7.22. The van der Waals surface area contributed by atoms with E-state index in [1.165, 1.54) is 4.31 Å². The highest BCUT2D eigenvalue weighted by atomic mass is 35.5. The number of nitrogens with zero attached hydrogens (tertiary/aromatic N) is 2.